The van der Waals surface area contributed by atoms with Gasteiger partial charge >= 0.3 is 0 Å². The average molecular weight is 264 g/mol. The first-order chi connectivity index (χ1) is 9.33. The normalized spacial score (nSPS) is 23.3. The summed E-state index contributed by atoms with van der Waals surface area (Å²) in [5.74, 6) is 1.40. The van der Waals surface area contributed by atoms with Gasteiger partial charge in [0.05, 0.1) is 6.10 Å². The van der Waals surface area contributed by atoms with Crippen LogP contribution in [0.2, 0.25) is 0 Å². The van der Waals surface area contributed by atoms with Crippen molar-refractivity contribution in [2.45, 2.75) is 50.5 Å². The minimum absolute atomic E-state index is 0.195. The van der Waals surface area contributed by atoms with E-state index in [1.165, 1.54) is 6.42 Å². The summed E-state index contributed by atoms with van der Waals surface area (Å²) in [7, 11) is 0. The quantitative estimate of drug-likeness (QED) is 0.841. The summed E-state index contributed by atoms with van der Waals surface area (Å²) in [4.78, 5) is 16.1. The van der Waals surface area contributed by atoms with Gasteiger partial charge in [0.25, 0.3) is 5.91 Å². The van der Waals surface area contributed by atoms with Crippen molar-refractivity contribution in [3.8, 4) is 0 Å². The van der Waals surface area contributed by atoms with Crippen LogP contribution in [-0.2, 0) is 4.74 Å². The third-order valence-corrected chi connectivity index (χ3v) is 3.70. The van der Waals surface area contributed by atoms with E-state index in [0.29, 0.717) is 18.6 Å². The third-order valence-electron chi connectivity index (χ3n) is 3.70. The zero-order valence-corrected chi connectivity index (χ0v) is 11.0. The van der Waals surface area contributed by atoms with E-state index in [2.05, 4.69) is 20.5 Å². The second kappa shape index (κ2) is 5.69. The van der Waals surface area contributed by atoms with Crippen molar-refractivity contribution in [3.63, 3.8) is 0 Å². The van der Waals surface area contributed by atoms with Gasteiger partial charge in [0.2, 0.25) is 5.82 Å². The van der Waals surface area contributed by atoms with E-state index in [1.807, 2.05) is 0 Å². The molecule has 1 atom stereocenters. The molecule has 2 heterocycles. The summed E-state index contributed by atoms with van der Waals surface area (Å²) in [6, 6.07) is 0. The second-order valence-electron chi connectivity index (χ2n) is 5.35. The molecule has 2 fully saturated rings. The van der Waals surface area contributed by atoms with E-state index in [0.717, 1.165) is 44.5 Å². The summed E-state index contributed by atoms with van der Waals surface area (Å²) in [5.41, 5.74) is 0. The van der Waals surface area contributed by atoms with E-state index in [4.69, 9.17) is 4.74 Å². The molecule has 1 unspecified atom stereocenters. The summed E-state index contributed by atoms with van der Waals surface area (Å²) in [5, 5.41) is 9.66. The summed E-state index contributed by atoms with van der Waals surface area (Å²) < 4.78 is 5.62. The van der Waals surface area contributed by atoms with Gasteiger partial charge in [-0.2, -0.15) is 0 Å². The van der Waals surface area contributed by atoms with Gasteiger partial charge in [-0.05, 0) is 38.5 Å². The van der Waals surface area contributed by atoms with Crippen molar-refractivity contribution in [2.24, 2.45) is 0 Å². The van der Waals surface area contributed by atoms with Gasteiger partial charge in [0.15, 0.2) is 0 Å². The van der Waals surface area contributed by atoms with Gasteiger partial charge in [-0.15, -0.1) is 5.10 Å². The lowest BCUT2D eigenvalue weighted by Crippen LogP contribution is -2.30. The molecular weight excluding hydrogens is 244 g/mol. The highest BCUT2D eigenvalue weighted by Crippen LogP contribution is 2.37. The fourth-order valence-electron chi connectivity index (χ4n) is 2.38. The highest BCUT2D eigenvalue weighted by atomic mass is 16.5. The maximum absolute atomic E-state index is 11.8. The Bertz CT molecular complexity index is 436. The van der Waals surface area contributed by atoms with Gasteiger partial charge in [-0.1, -0.05) is 0 Å². The number of hydrogen-bond donors (Lipinski definition) is 2. The molecule has 1 saturated carbocycles. The maximum atomic E-state index is 11.8. The fourth-order valence-corrected chi connectivity index (χ4v) is 2.38. The van der Waals surface area contributed by atoms with Gasteiger partial charge in [0.1, 0.15) is 5.82 Å². The van der Waals surface area contributed by atoms with Crippen molar-refractivity contribution in [3.05, 3.63) is 11.6 Å². The van der Waals surface area contributed by atoms with Gasteiger partial charge in [-0.3, -0.25) is 9.89 Å². The maximum Gasteiger partial charge on any atom is 0.290 e. The highest BCUT2D eigenvalue weighted by molar-refractivity contribution is 5.90. The van der Waals surface area contributed by atoms with E-state index in [1.54, 1.807) is 0 Å². The van der Waals surface area contributed by atoms with E-state index < -0.39 is 0 Å². The molecule has 6 nitrogen and oxygen atoms in total. The number of aromatic nitrogens is 3. The summed E-state index contributed by atoms with van der Waals surface area (Å²) >= 11 is 0. The van der Waals surface area contributed by atoms with Crippen LogP contribution in [0, 0.1) is 0 Å². The van der Waals surface area contributed by atoms with Crippen LogP contribution in [0.4, 0.5) is 0 Å². The third kappa shape index (κ3) is 3.32. The predicted octanol–water partition coefficient (Wildman–Crippen LogP) is 1.37. The molecule has 1 aromatic heterocycles. The Hall–Kier alpha value is -1.43. The Labute approximate surface area is 112 Å². The van der Waals surface area contributed by atoms with Crippen LogP contribution in [-0.4, -0.2) is 40.3 Å². The fraction of sp³-hybridized carbons (Fsp3) is 0.769. The van der Waals surface area contributed by atoms with Crippen molar-refractivity contribution in [2.75, 3.05) is 13.2 Å². The molecule has 104 valence electrons. The van der Waals surface area contributed by atoms with Crippen molar-refractivity contribution in [1.29, 1.82) is 0 Å². The first-order valence-electron chi connectivity index (χ1n) is 7.15. The monoisotopic (exact) mass is 264 g/mol. The minimum atomic E-state index is -0.195. The standard InChI is InChI=1S/C13H20N4O2/c18-13(12-15-11(16-17-12)9-4-5-9)14-7-6-10-3-1-2-8-19-10/h9-10H,1-8H2,(H,14,18)(H,15,16,17). The molecule has 2 aliphatic rings. The van der Waals surface area contributed by atoms with Crippen molar-refractivity contribution < 1.29 is 9.53 Å². The molecule has 2 N–H and O–H groups in total. The molecule has 1 amide bonds. The number of amides is 1. The van der Waals surface area contributed by atoms with Crippen molar-refractivity contribution >= 4 is 5.91 Å². The van der Waals surface area contributed by atoms with E-state index in [-0.39, 0.29) is 11.7 Å². The Morgan fingerprint density at radius 1 is 1.37 bits per heavy atom. The predicted molar refractivity (Wildman–Crippen MR) is 68.9 cm³/mol. The van der Waals surface area contributed by atoms with Crippen LogP contribution in [0.25, 0.3) is 0 Å². The van der Waals surface area contributed by atoms with Crippen LogP contribution < -0.4 is 5.32 Å². The number of ether oxygens (including phenoxy) is 1. The van der Waals surface area contributed by atoms with Crippen LogP contribution in [0.15, 0.2) is 0 Å². The average Bonchev–Trinajstić information content (AvgIpc) is 3.17. The molecule has 1 aliphatic heterocycles. The van der Waals surface area contributed by atoms with Gasteiger partial charge < -0.3 is 10.1 Å². The molecule has 0 spiro atoms. The SMILES string of the molecule is O=C(NCCC1CCCCO1)c1n[nH]c(C2CC2)n1. The Balaban J connectivity index is 1.42. The van der Waals surface area contributed by atoms with Crippen molar-refractivity contribution in [1.82, 2.24) is 20.5 Å². The van der Waals surface area contributed by atoms with Crippen LogP contribution in [0.5, 0.6) is 0 Å². The first-order valence-corrected chi connectivity index (χ1v) is 7.15. The molecular formula is C13H20N4O2. The molecule has 0 aromatic carbocycles. The molecule has 6 heteroatoms. The summed E-state index contributed by atoms with van der Waals surface area (Å²) in [6.45, 7) is 1.47. The molecule has 1 aromatic rings. The summed E-state index contributed by atoms with van der Waals surface area (Å²) in [6.07, 6.45) is 6.94. The molecule has 1 aliphatic carbocycles. The number of H-pyrrole nitrogens is 1. The number of carbonyl (C=O) groups is 1. The largest absolute Gasteiger partial charge is 0.378 e. The molecule has 19 heavy (non-hydrogen) atoms. The molecule has 1 saturated heterocycles. The lowest BCUT2D eigenvalue weighted by molar-refractivity contribution is 0.0117. The zero-order chi connectivity index (χ0) is 13.1. The van der Waals surface area contributed by atoms with E-state index in [9.17, 15) is 4.79 Å². The highest BCUT2D eigenvalue weighted by Gasteiger charge is 2.28. The van der Waals surface area contributed by atoms with Gasteiger partial charge in [-0.25, -0.2) is 4.98 Å². The topological polar surface area (TPSA) is 79.9 Å². The number of hydrogen-bond acceptors (Lipinski definition) is 4. The van der Waals surface area contributed by atoms with Crippen LogP contribution in [0.1, 0.15) is 60.9 Å². The second-order valence-corrected chi connectivity index (χ2v) is 5.35. The Morgan fingerprint density at radius 2 is 2.26 bits per heavy atom. The first kappa shape index (κ1) is 12.6. The minimum Gasteiger partial charge on any atom is -0.378 e. The smallest absolute Gasteiger partial charge is 0.290 e. The number of carbonyl (C=O) groups excluding carboxylic acids is 1. The van der Waals surface area contributed by atoms with Crippen LogP contribution in [0.3, 0.4) is 0 Å². The Kier molecular flexibility index (Phi) is 3.77. The molecule has 0 bridgehead atoms. The number of aromatic amines is 1. The number of rotatable bonds is 5. The molecule has 3 rings (SSSR count). The Morgan fingerprint density at radius 3 is 3.00 bits per heavy atom. The van der Waals surface area contributed by atoms with E-state index >= 15 is 0 Å². The van der Waals surface area contributed by atoms with Gasteiger partial charge in [0, 0.05) is 19.1 Å². The zero-order valence-electron chi connectivity index (χ0n) is 11.0. The lowest BCUT2D eigenvalue weighted by Gasteiger charge is -2.22. The molecule has 0 radical (unpaired) electrons. The van der Waals surface area contributed by atoms with Crippen LogP contribution >= 0.6 is 0 Å². The number of nitrogens with zero attached hydrogens (tertiary/aromatic N) is 2. The number of nitrogens with one attached hydrogen (secondary N) is 2. The lowest BCUT2D eigenvalue weighted by atomic mass is 10.1.